The third kappa shape index (κ3) is 6.75. The zero-order chi connectivity index (χ0) is 18.4. The molecule has 0 aliphatic heterocycles. The minimum atomic E-state index is -4.40. The number of aliphatic imine (C=N–C) groups is 1. The molecule has 1 aromatic carbocycles. The van der Waals surface area contributed by atoms with Crippen molar-refractivity contribution in [2.24, 2.45) is 4.99 Å². The van der Waals surface area contributed by atoms with Crippen LogP contribution < -0.4 is 10.6 Å². The Bertz CT molecular complexity index is 714. The van der Waals surface area contributed by atoms with Crippen molar-refractivity contribution >= 4 is 41.3 Å². The summed E-state index contributed by atoms with van der Waals surface area (Å²) in [6.07, 6.45) is -4.40. The first-order chi connectivity index (χ1) is 11.8. The Kier molecular flexibility index (Phi) is 8.81. The van der Waals surface area contributed by atoms with Gasteiger partial charge in [0.05, 0.1) is 6.54 Å². The fourth-order valence-electron chi connectivity index (χ4n) is 2.16. The third-order valence-corrected chi connectivity index (χ3v) is 4.54. The maximum absolute atomic E-state index is 12.5. The van der Waals surface area contributed by atoms with Gasteiger partial charge in [-0.3, -0.25) is 4.99 Å². The number of thiazole rings is 1. The molecule has 26 heavy (non-hydrogen) atoms. The molecular formula is C17H22F3IN4S. The number of nitrogens with one attached hydrogen (secondary N) is 2. The first-order valence-electron chi connectivity index (χ1n) is 7.82. The molecule has 0 aliphatic rings. The number of hydrogen-bond donors (Lipinski definition) is 2. The maximum Gasteiger partial charge on any atom is 0.434 e. The molecule has 0 spiro atoms. The number of aryl methyl sites for hydroxylation is 1. The second-order valence-electron chi connectivity index (χ2n) is 5.74. The lowest BCUT2D eigenvalue weighted by Gasteiger charge is -2.16. The lowest BCUT2D eigenvalue weighted by Crippen LogP contribution is -2.38. The summed E-state index contributed by atoms with van der Waals surface area (Å²) in [5.41, 5.74) is 1.57. The minimum absolute atomic E-state index is 0. The number of hydrogen-bond acceptors (Lipinski definition) is 3. The molecule has 4 nitrogen and oxygen atoms in total. The lowest BCUT2D eigenvalue weighted by molar-refractivity contribution is -0.140. The summed E-state index contributed by atoms with van der Waals surface area (Å²) in [6.45, 7) is 5.00. The van der Waals surface area contributed by atoms with Crippen molar-refractivity contribution in [3.05, 3.63) is 51.5 Å². The van der Waals surface area contributed by atoms with Gasteiger partial charge in [0, 0.05) is 19.0 Å². The standard InChI is InChI=1S/C17H21F3N4S.HI/c1-11-4-6-13(7-5-11)12(2)8-22-16(21-3)23-9-15-24-14(10-25-15)17(18,19)20;/h4-7,10,12H,8-9H2,1-3H3,(H2,21,22,23);1H. The van der Waals surface area contributed by atoms with Crippen molar-refractivity contribution in [1.29, 1.82) is 0 Å². The average molecular weight is 498 g/mol. The quantitative estimate of drug-likeness (QED) is 0.361. The van der Waals surface area contributed by atoms with E-state index in [0.717, 1.165) is 16.7 Å². The van der Waals surface area contributed by atoms with Crippen LogP contribution in [0.4, 0.5) is 13.2 Å². The van der Waals surface area contributed by atoms with Crippen molar-refractivity contribution in [2.45, 2.75) is 32.5 Å². The topological polar surface area (TPSA) is 49.3 Å². The number of alkyl halides is 3. The summed E-state index contributed by atoms with van der Waals surface area (Å²) < 4.78 is 37.6. The number of nitrogens with zero attached hydrogens (tertiary/aromatic N) is 2. The maximum atomic E-state index is 12.5. The van der Waals surface area contributed by atoms with Gasteiger partial charge in [0.1, 0.15) is 5.01 Å². The molecule has 0 amide bonds. The molecule has 2 N–H and O–H groups in total. The molecule has 0 fully saturated rings. The fraction of sp³-hybridized carbons (Fsp3) is 0.412. The van der Waals surface area contributed by atoms with Gasteiger partial charge in [-0.25, -0.2) is 4.98 Å². The van der Waals surface area contributed by atoms with E-state index in [1.807, 2.05) is 6.92 Å². The molecule has 1 unspecified atom stereocenters. The second-order valence-corrected chi connectivity index (χ2v) is 6.69. The van der Waals surface area contributed by atoms with Crippen molar-refractivity contribution in [2.75, 3.05) is 13.6 Å². The molecule has 0 saturated heterocycles. The van der Waals surface area contributed by atoms with Gasteiger partial charge in [0.25, 0.3) is 0 Å². The minimum Gasteiger partial charge on any atom is -0.356 e. The van der Waals surface area contributed by atoms with E-state index in [9.17, 15) is 13.2 Å². The Morgan fingerprint density at radius 3 is 2.42 bits per heavy atom. The Morgan fingerprint density at radius 1 is 1.23 bits per heavy atom. The van der Waals surface area contributed by atoms with Crippen molar-refractivity contribution in [1.82, 2.24) is 15.6 Å². The Balaban J connectivity index is 0.00000338. The van der Waals surface area contributed by atoms with Gasteiger partial charge >= 0.3 is 6.18 Å². The highest BCUT2D eigenvalue weighted by atomic mass is 127. The highest BCUT2D eigenvalue weighted by Gasteiger charge is 2.33. The number of guanidine groups is 1. The van der Waals surface area contributed by atoms with E-state index in [0.29, 0.717) is 17.5 Å². The van der Waals surface area contributed by atoms with Crippen LogP contribution in [0, 0.1) is 6.92 Å². The van der Waals surface area contributed by atoms with Gasteiger partial charge < -0.3 is 10.6 Å². The molecule has 0 radical (unpaired) electrons. The van der Waals surface area contributed by atoms with E-state index in [2.05, 4.69) is 51.8 Å². The normalized spacial score (nSPS) is 13.1. The fourth-order valence-corrected chi connectivity index (χ4v) is 2.91. The zero-order valence-corrected chi connectivity index (χ0v) is 17.9. The summed E-state index contributed by atoms with van der Waals surface area (Å²) in [4.78, 5) is 7.67. The van der Waals surface area contributed by atoms with Crippen molar-refractivity contribution in [3.63, 3.8) is 0 Å². The molecule has 0 aliphatic carbocycles. The highest BCUT2D eigenvalue weighted by molar-refractivity contribution is 14.0. The smallest absolute Gasteiger partial charge is 0.356 e. The van der Waals surface area contributed by atoms with E-state index in [-0.39, 0.29) is 36.4 Å². The Hall–Kier alpha value is -1.36. The van der Waals surface area contributed by atoms with Crippen molar-refractivity contribution < 1.29 is 13.2 Å². The number of halogens is 4. The Labute approximate surface area is 172 Å². The molecule has 144 valence electrons. The number of benzene rings is 1. The average Bonchev–Trinajstić information content (AvgIpc) is 3.04. The van der Waals surface area contributed by atoms with Gasteiger partial charge in [-0.1, -0.05) is 36.8 Å². The van der Waals surface area contributed by atoms with Gasteiger partial charge in [-0.05, 0) is 18.4 Å². The summed E-state index contributed by atoms with van der Waals surface area (Å²) in [5, 5.41) is 7.55. The van der Waals surface area contributed by atoms with Crippen LogP contribution in [-0.4, -0.2) is 24.5 Å². The van der Waals surface area contributed by atoms with Gasteiger partial charge in [0.15, 0.2) is 11.7 Å². The number of rotatable bonds is 5. The summed E-state index contributed by atoms with van der Waals surface area (Å²) >= 11 is 0.975. The zero-order valence-electron chi connectivity index (χ0n) is 14.7. The second kappa shape index (κ2) is 10.1. The van der Waals surface area contributed by atoms with E-state index in [1.165, 1.54) is 11.1 Å². The summed E-state index contributed by atoms with van der Waals surface area (Å²) in [5.74, 6) is 0.804. The molecule has 2 rings (SSSR count). The van der Waals surface area contributed by atoms with Crippen LogP contribution in [0.15, 0.2) is 34.6 Å². The largest absolute Gasteiger partial charge is 0.434 e. The molecule has 0 bridgehead atoms. The number of aromatic nitrogens is 1. The monoisotopic (exact) mass is 498 g/mol. The first kappa shape index (κ1) is 22.7. The molecule has 1 atom stereocenters. The van der Waals surface area contributed by atoms with Crippen LogP contribution >= 0.6 is 35.3 Å². The van der Waals surface area contributed by atoms with Gasteiger partial charge in [0.2, 0.25) is 0 Å². The predicted molar refractivity (Wildman–Crippen MR) is 110 cm³/mol. The summed E-state index contributed by atoms with van der Waals surface area (Å²) in [6, 6.07) is 8.32. The summed E-state index contributed by atoms with van der Waals surface area (Å²) in [7, 11) is 1.62. The van der Waals surface area contributed by atoms with E-state index >= 15 is 0 Å². The van der Waals surface area contributed by atoms with Gasteiger partial charge in [-0.2, -0.15) is 13.2 Å². The molecular weight excluding hydrogens is 476 g/mol. The van der Waals surface area contributed by atoms with Crippen LogP contribution in [0.3, 0.4) is 0 Å². The molecule has 0 saturated carbocycles. The predicted octanol–water partition coefficient (Wildman–Crippen LogP) is 4.56. The molecule has 9 heteroatoms. The lowest BCUT2D eigenvalue weighted by atomic mass is 10.0. The Morgan fingerprint density at radius 2 is 1.88 bits per heavy atom. The highest BCUT2D eigenvalue weighted by Crippen LogP contribution is 2.29. The molecule has 1 aromatic heterocycles. The first-order valence-corrected chi connectivity index (χ1v) is 8.70. The van der Waals surface area contributed by atoms with Crippen LogP contribution in [-0.2, 0) is 12.7 Å². The van der Waals surface area contributed by atoms with Crippen LogP contribution in [0.1, 0.15) is 34.7 Å². The van der Waals surface area contributed by atoms with E-state index in [1.54, 1.807) is 7.05 Å². The van der Waals surface area contributed by atoms with Crippen molar-refractivity contribution in [3.8, 4) is 0 Å². The third-order valence-electron chi connectivity index (χ3n) is 3.69. The van der Waals surface area contributed by atoms with Gasteiger partial charge in [-0.15, -0.1) is 35.3 Å². The molecule has 1 heterocycles. The van der Waals surface area contributed by atoms with E-state index < -0.39 is 11.9 Å². The van der Waals surface area contributed by atoms with Crippen LogP contribution in [0.2, 0.25) is 0 Å². The SMILES string of the molecule is CN=C(NCc1nc(C(F)(F)F)cs1)NCC(C)c1ccc(C)cc1.I. The van der Waals surface area contributed by atoms with E-state index in [4.69, 9.17) is 0 Å². The molecule has 2 aromatic rings. The van der Waals surface area contributed by atoms with Crippen LogP contribution in [0.5, 0.6) is 0 Å². The van der Waals surface area contributed by atoms with Crippen LogP contribution in [0.25, 0.3) is 0 Å².